The van der Waals surface area contributed by atoms with Crippen molar-refractivity contribution in [2.24, 2.45) is 5.92 Å². The number of likely N-dealkylation sites (tertiary alicyclic amines) is 1. The van der Waals surface area contributed by atoms with Crippen molar-refractivity contribution in [3.05, 3.63) is 30.1 Å². The lowest BCUT2D eigenvalue weighted by Crippen LogP contribution is -2.41. The molecule has 2 amide bonds. The van der Waals surface area contributed by atoms with Gasteiger partial charge in [-0.05, 0) is 30.9 Å². The van der Waals surface area contributed by atoms with Crippen LogP contribution in [0.2, 0.25) is 0 Å². The van der Waals surface area contributed by atoms with Gasteiger partial charge >= 0.3 is 6.09 Å². The Balaban J connectivity index is 1.74. The van der Waals surface area contributed by atoms with Gasteiger partial charge in [0.05, 0.1) is 7.11 Å². The average molecular weight is 277 g/mol. The first-order valence-electron chi connectivity index (χ1n) is 6.72. The van der Waals surface area contributed by atoms with Crippen molar-refractivity contribution in [3.8, 4) is 0 Å². The van der Waals surface area contributed by atoms with E-state index in [4.69, 9.17) is 4.74 Å². The van der Waals surface area contributed by atoms with Crippen LogP contribution in [0.15, 0.2) is 24.5 Å². The number of methoxy groups -OCH3 is 1. The molecule has 0 aromatic carbocycles. The fourth-order valence-electron chi connectivity index (χ4n) is 2.29. The lowest BCUT2D eigenvalue weighted by Gasteiger charge is -2.30. The Morgan fingerprint density at radius 3 is 2.60 bits per heavy atom. The Kier molecular flexibility index (Phi) is 4.92. The summed E-state index contributed by atoms with van der Waals surface area (Å²) in [6, 6.07) is 3.38. The highest BCUT2D eigenvalue weighted by Gasteiger charge is 2.23. The molecular formula is C14H19N3O3. The number of rotatable bonds is 3. The maximum Gasteiger partial charge on any atom is 0.409 e. The van der Waals surface area contributed by atoms with Crippen LogP contribution in [0.5, 0.6) is 0 Å². The van der Waals surface area contributed by atoms with Crippen molar-refractivity contribution in [3.63, 3.8) is 0 Å². The molecule has 0 atom stereocenters. The number of carbonyl (C=O) groups excluding carboxylic acids is 2. The Labute approximate surface area is 118 Å². The van der Waals surface area contributed by atoms with E-state index in [1.807, 2.05) is 0 Å². The topological polar surface area (TPSA) is 71.5 Å². The van der Waals surface area contributed by atoms with Gasteiger partial charge in [-0.15, -0.1) is 0 Å². The average Bonchev–Trinajstić information content (AvgIpc) is 2.53. The minimum atomic E-state index is -0.274. The number of nitrogens with zero attached hydrogens (tertiary/aromatic N) is 2. The summed E-state index contributed by atoms with van der Waals surface area (Å²) in [5, 5.41) is 2.93. The first kappa shape index (κ1) is 14.3. The number of amides is 2. The standard InChI is InChI=1S/C14H19N3O3/c1-20-14(19)17-8-4-11(5-9-17)10-16-13(18)12-2-6-15-7-3-12/h2-3,6-7,11H,4-5,8-10H2,1H3,(H,16,18). The Bertz CT molecular complexity index is 456. The fraction of sp³-hybridized carbons (Fsp3) is 0.500. The Morgan fingerprint density at radius 1 is 1.35 bits per heavy atom. The van der Waals surface area contributed by atoms with Gasteiger partial charge in [0.15, 0.2) is 0 Å². The number of aromatic nitrogens is 1. The van der Waals surface area contributed by atoms with Crippen LogP contribution in [0.25, 0.3) is 0 Å². The predicted molar refractivity (Wildman–Crippen MR) is 73.3 cm³/mol. The number of nitrogens with one attached hydrogen (secondary N) is 1. The van der Waals surface area contributed by atoms with Crippen LogP contribution in [0.1, 0.15) is 23.2 Å². The van der Waals surface area contributed by atoms with Crippen molar-refractivity contribution >= 4 is 12.0 Å². The molecule has 0 spiro atoms. The molecule has 20 heavy (non-hydrogen) atoms. The minimum Gasteiger partial charge on any atom is -0.453 e. The monoisotopic (exact) mass is 277 g/mol. The predicted octanol–water partition coefficient (Wildman–Crippen LogP) is 1.29. The van der Waals surface area contributed by atoms with Gasteiger partial charge in [-0.2, -0.15) is 0 Å². The molecule has 6 heteroatoms. The van der Waals surface area contributed by atoms with E-state index in [9.17, 15) is 9.59 Å². The smallest absolute Gasteiger partial charge is 0.409 e. The van der Waals surface area contributed by atoms with E-state index in [0.717, 1.165) is 12.8 Å². The first-order chi connectivity index (χ1) is 9.70. The van der Waals surface area contributed by atoms with E-state index >= 15 is 0 Å². The van der Waals surface area contributed by atoms with Crippen LogP contribution in [-0.4, -0.2) is 48.6 Å². The molecule has 2 rings (SSSR count). The maximum absolute atomic E-state index is 11.9. The van der Waals surface area contributed by atoms with Gasteiger partial charge in [0.25, 0.3) is 5.91 Å². The molecule has 108 valence electrons. The van der Waals surface area contributed by atoms with Crippen molar-refractivity contribution < 1.29 is 14.3 Å². The van der Waals surface area contributed by atoms with Gasteiger partial charge in [0, 0.05) is 37.6 Å². The number of hydrogen-bond donors (Lipinski definition) is 1. The lowest BCUT2D eigenvalue weighted by atomic mass is 9.97. The molecule has 0 saturated carbocycles. The number of hydrogen-bond acceptors (Lipinski definition) is 4. The molecule has 2 heterocycles. The van der Waals surface area contributed by atoms with E-state index in [1.54, 1.807) is 29.4 Å². The summed E-state index contributed by atoms with van der Waals surface area (Å²) in [4.78, 5) is 28.8. The Hall–Kier alpha value is -2.11. The molecule has 1 aliphatic rings. The molecule has 0 bridgehead atoms. The molecular weight excluding hydrogens is 258 g/mol. The molecule has 1 saturated heterocycles. The van der Waals surface area contributed by atoms with Crippen LogP contribution in [0.4, 0.5) is 4.79 Å². The fourth-order valence-corrected chi connectivity index (χ4v) is 2.29. The maximum atomic E-state index is 11.9. The van der Waals surface area contributed by atoms with Crippen molar-refractivity contribution in [2.45, 2.75) is 12.8 Å². The molecule has 1 N–H and O–H groups in total. The van der Waals surface area contributed by atoms with Crippen LogP contribution in [0, 0.1) is 5.92 Å². The van der Waals surface area contributed by atoms with E-state index in [-0.39, 0.29) is 12.0 Å². The third kappa shape index (κ3) is 3.69. The van der Waals surface area contributed by atoms with E-state index < -0.39 is 0 Å². The SMILES string of the molecule is COC(=O)N1CCC(CNC(=O)c2ccncc2)CC1. The number of ether oxygens (including phenoxy) is 1. The van der Waals surface area contributed by atoms with Gasteiger partial charge in [0.1, 0.15) is 0 Å². The molecule has 0 unspecified atom stereocenters. The summed E-state index contributed by atoms with van der Waals surface area (Å²) in [5.74, 6) is 0.324. The number of carbonyl (C=O) groups is 2. The quantitative estimate of drug-likeness (QED) is 0.903. The van der Waals surface area contributed by atoms with Crippen molar-refractivity contribution in [2.75, 3.05) is 26.7 Å². The summed E-state index contributed by atoms with van der Waals surface area (Å²) < 4.78 is 4.69. The summed E-state index contributed by atoms with van der Waals surface area (Å²) >= 11 is 0. The third-order valence-electron chi connectivity index (χ3n) is 3.54. The van der Waals surface area contributed by atoms with E-state index in [1.165, 1.54) is 7.11 Å². The summed E-state index contributed by atoms with van der Waals surface area (Å²) in [6.45, 7) is 2.00. The highest BCUT2D eigenvalue weighted by atomic mass is 16.5. The molecule has 0 radical (unpaired) electrons. The van der Waals surface area contributed by atoms with E-state index in [2.05, 4.69) is 10.3 Å². The van der Waals surface area contributed by atoms with Crippen LogP contribution in [0.3, 0.4) is 0 Å². The normalized spacial score (nSPS) is 15.8. The van der Waals surface area contributed by atoms with Crippen LogP contribution in [-0.2, 0) is 4.74 Å². The zero-order chi connectivity index (χ0) is 14.4. The van der Waals surface area contributed by atoms with Crippen molar-refractivity contribution in [1.82, 2.24) is 15.2 Å². The highest BCUT2D eigenvalue weighted by Crippen LogP contribution is 2.17. The second-order valence-electron chi connectivity index (χ2n) is 4.85. The van der Waals surface area contributed by atoms with Crippen LogP contribution >= 0.6 is 0 Å². The van der Waals surface area contributed by atoms with Crippen LogP contribution < -0.4 is 5.32 Å². The first-order valence-corrected chi connectivity index (χ1v) is 6.72. The summed E-state index contributed by atoms with van der Waals surface area (Å²) in [5.41, 5.74) is 0.618. The molecule has 0 aliphatic carbocycles. The lowest BCUT2D eigenvalue weighted by molar-refractivity contribution is 0.0914. The zero-order valence-corrected chi connectivity index (χ0v) is 11.5. The molecule has 6 nitrogen and oxygen atoms in total. The number of pyridine rings is 1. The molecule has 1 aromatic heterocycles. The third-order valence-corrected chi connectivity index (χ3v) is 3.54. The Morgan fingerprint density at radius 2 is 2.00 bits per heavy atom. The van der Waals surface area contributed by atoms with Gasteiger partial charge in [-0.3, -0.25) is 9.78 Å². The number of piperidine rings is 1. The zero-order valence-electron chi connectivity index (χ0n) is 11.5. The molecule has 1 aliphatic heterocycles. The molecule has 1 fully saturated rings. The highest BCUT2D eigenvalue weighted by molar-refractivity contribution is 5.93. The van der Waals surface area contributed by atoms with Crippen molar-refractivity contribution in [1.29, 1.82) is 0 Å². The van der Waals surface area contributed by atoms with E-state index in [0.29, 0.717) is 31.1 Å². The second-order valence-corrected chi connectivity index (χ2v) is 4.85. The van der Waals surface area contributed by atoms with Gasteiger partial charge in [-0.1, -0.05) is 0 Å². The summed E-state index contributed by atoms with van der Waals surface area (Å²) in [6.07, 6.45) is 4.69. The van der Waals surface area contributed by atoms with Gasteiger partial charge in [-0.25, -0.2) is 4.79 Å². The van der Waals surface area contributed by atoms with Gasteiger partial charge in [0.2, 0.25) is 0 Å². The second kappa shape index (κ2) is 6.88. The summed E-state index contributed by atoms with van der Waals surface area (Å²) in [7, 11) is 1.39. The van der Waals surface area contributed by atoms with Gasteiger partial charge < -0.3 is 15.0 Å². The largest absolute Gasteiger partial charge is 0.453 e. The molecule has 1 aromatic rings. The minimum absolute atomic E-state index is 0.0807.